The molecule has 39 heavy (non-hydrogen) atoms. The third-order valence-electron chi connectivity index (χ3n) is 6.26. The molecule has 1 aromatic carbocycles. The van der Waals surface area contributed by atoms with Crippen molar-refractivity contribution in [1.82, 2.24) is 29.6 Å². The van der Waals surface area contributed by atoms with Crippen LogP contribution in [0.3, 0.4) is 0 Å². The molecule has 9 nitrogen and oxygen atoms in total. The minimum atomic E-state index is -4.51. The van der Waals surface area contributed by atoms with Gasteiger partial charge in [0.1, 0.15) is 10.7 Å². The van der Waals surface area contributed by atoms with E-state index in [4.69, 9.17) is 5.73 Å². The quantitative estimate of drug-likeness (QED) is 0.325. The Morgan fingerprint density at radius 2 is 1.92 bits per heavy atom. The van der Waals surface area contributed by atoms with E-state index in [0.717, 1.165) is 12.1 Å². The minimum absolute atomic E-state index is 0.212. The number of carbonyl (C=O) groups excluding carboxylic acids is 2. The number of piperidine rings is 1. The molecule has 1 aliphatic rings. The molecule has 4 aromatic rings. The molecule has 4 heterocycles. The van der Waals surface area contributed by atoms with E-state index in [0.29, 0.717) is 58.9 Å². The van der Waals surface area contributed by atoms with Crippen LogP contribution in [0.5, 0.6) is 0 Å². The minimum Gasteiger partial charge on any atom is -0.369 e. The summed E-state index contributed by atoms with van der Waals surface area (Å²) >= 11 is 2.55. The van der Waals surface area contributed by atoms with Gasteiger partial charge in [-0.2, -0.15) is 13.2 Å². The lowest BCUT2D eigenvalue weighted by Gasteiger charge is -2.30. The van der Waals surface area contributed by atoms with Crippen LogP contribution in [0.15, 0.2) is 59.3 Å². The van der Waals surface area contributed by atoms with E-state index in [9.17, 15) is 22.8 Å². The molecule has 202 valence electrons. The highest BCUT2D eigenvalue weighted by Gasteiger charge is 2.31. The number of primary amides is 1. The van der Waals surface area contributed by atoms with Crippen molar-refractivity contribution in [1.29, 1.82) is 0 Å². The van der Waals surface area contributed by atoms with Crippen molar-refractivity contribution in [2.45, 2.75) is 29.9 Å². The van der Waals surface area contributed by atoms with E-state index < -0.39 is 11.7 Å². The highest BCUT2D eigenvalue weighted by Crippen LogP contribution is 2.34. The van der Waals surface area contributed by atoms with Crippen LogP contribution in [0.4, 0.5) is 13.2 Å². The van der Waals surface area contributed by atoms with Gasteiger partial charge in [0.2, 0.25) is 5.91 Å². The van der Waals surface area contributed by atoms with Crippen molar-refractivity contribution in [3.63, 3.8) is 0 Å². The number of nitrogens with zero attached hydrogens (tertiary/aromatic N) is 6. The molecule has 0 atom stereocenters. The first-order chi connectivity index (χ1) is 18.7. The second-order valence-corrected chi connectivity index (χ2v) is 10.7. The highest BCUT2D eigenvalue weighted by molar-refractivity contribution is 7.98. The predicted molar refractivity (Wildman–Crippen MR) is 139 cm³/mol. The molecule has 1 fully saturated rings. The Labute approximate surface area is 229 Å². The normalized spacial score (nSPS) is 14.5. The summed E-state index contributed by atoms with van der Waals surface area (Å²) < 4.78 is 41.9. The molecule has 3 aromatic heterocycles. The van der Waals surface area contributed by atoms with Crippen molar-refractivity contribution in [3.8, 4) is 17.1 Å². The van der Waals surface area contributed by atoms with Crippen molar-refractivity contribution in [2.24, 2.45) is 11.7 Å². The van der Waals surface area contributed by atoms with Crippen LogP contribution in [0.2, 0.25) is 0 Å². The van der Waals surface area contributed by atoms with Crippen LogP contribution < -0.4 is 5.73 Å². The first kappa shape index (κ1) is 26.8. The Morgan fingerprint density at radius 1 is 1.13 bits per heavy atom. The smallest absolute Gasteiger partial charge is 0.369 e. The van der Waals surface area contributed by atoms with Gasteiger partial charge in [-0.05, 0) is 43.2 Å². The lowest BCUT2D eigenvalue weighted by molar-refractivity contribution is -0.137. The SMILES string of the molecule is NC(=O)C1CCN(C(=O)c2csc(CSc3nnc(-c4cccnc4)n3-c3cccc(C(F)(F)F)c3)n2)CC1. The Hall–Kier alpha value is -3.78. The topological polar surface area (TPSA) is 120 Å². The number of pyridine rings is 1. The number of hydrogen-bond donors (Lipinski definition) is 1. The van der Waals surface area contributed by atoms with Crippen molar-refractivity contribution < 1.29 is 22.8 Å². The summed E-state index contributed by atoms with van der Waals surface area (Å²) in [6.07, 6.45) is -0.305. The molecule has 1 saturated heterocycles. The summed E-state index contributed by atoms with van der Waals surface area (Å²) in [5, 5.41) is 11.2. The van der Waals surface area contributed by atoms with Gasteiger partial charge >= 0.3 is 6.18 Å². The molecule has 2 amide bonds. The number of aromatic nitrogens is 5. The molecule has 0 radical (unpaired) electrons. The van der Waals surface area contributed by atoms with Gasteiger partial charge in [0.05, 0.1) is 17.0 Å². The standard InChI is InChI=1S/C25H22F3N7O2S2/c26-25(27,28)17-4-1-5-18(11-17)35-22(16-3-2-8-30-12-16)32-33-24(35)39-14-20-31-19(13-38-20)23(37)34-9-6-15(7-10-34)21(29)36/h1-5,8,11-13,15H,6-7,9-10,14H2,(H2,29,36). The lowest BCUT2D eigenvalue weighted by Crippen LogP contribution is -2.41. The maximum atomic E-state index is 13.4. The van der Waals surface area contributed by atoms with Crippen LogP contribution in [0.1, 0.15) is 33.9 Å². The average Bonchev–Trinajstić information content (AvgIpc) is 3.59. The molecule has 0 saturated carbocycles. The van der Waals surface area contributed by atoms with Gasteiger partial charge in [0.25, 0.3) is 5.91 Å². The Balaban J connectivity index is 1.36. The highest BCUT2D eigenvalue weighted by atomic mass is 32.2. The molecular formula is C25H22F3N7O2S2. The maximum absolute atomic E-state index is 13.4. The van der Waals surface area contributed by atoms with Crippen LogP contribution in [-0.2, 0) is 16.7 Å². The van der Waals surface area contributed by atoms with E-state index in [1.54, 1.807) is 45.4 Å². The Morgan fingerprint density at radius 3 is 2.62 bits per heavy atom. The van der Waals surface area contributed by atoms with Crippen molar-refractivity contribution in [2.75, 3.05) is 13.1 Å². The maximum Gasteiger partial charge on any atom is 0.416 e. The first-order valence-electron chi connectivity index (χ1n) is 11.9. The van der Waals surface area contributed by atoms with Gasteiger partial charge in [-0.1, -0.05) is 17.8 Å². The molecule has 0 aliphatic carbocycles. The number of thioether (sulfide) groups is 1. The van der Waals surface area contributed by atoms with Gasteiger partial charge < -0.3 is 10.6 Å². The monoisotopic (exact) mass is 573 g/mol. The van der Waals surface area contributed by atoms with Crippen LogP contribution >= 0.6 is 23.1 Å². The van der Waals surface area contributed by atoms with Gasteiger partial charge in [-0.3, -0.25) is 19.1 Å². The third kappa shape index (κ3) is 5.96. The number of benzene rings is 1. The number of carbonyl (C=O) groups is 2. The molecule has 14 heteroatoms. The largest absolute Gasteiger partial charge is 0.416 e. The Bertz CT molecular complexity index is 1480. The number of halogens is 3. The summed E-state index contributed by atoms with van der Waals surface area (Å²) in [6, 6.07) is 8.41. The number of alkyl halides is 3. The second kappa shape index (κ2) is 11.1. The average molecular weight is 574 g/mol. The van der Waals surface area contributed by atoms with Gasteiger partial charge in [-0.15, -0.1) is 21.5 Å². The van der Waals surface area contributed by atoms with Crippen molar-refractivity contribution >= 4 is 34.9 Å². The van der Waals surface area contributed by atoms with Gasteiger partial charge in [0.15, 0.2) is 11.0 Å². The summed E-state index contributed by atoms with van der Waals surface area (Å²) in [4.78, 5) is 34.5. The summed E-state index contributed by atoms with van der Waals surface area (Å²) in [5.41, 5.74) is 5.74. The Kier molecular flexibility index (Phi) is 7.66. The van der Waals surface area contributed by atoms with Crippen LogP contribution in [-0.4, -0.2) is 54.5 Å². The van der Waals surface area contributed by atoms with Gasteiger partial charge in [-0.25, -0.2) is 4.98 Å². The number of hydrogen-bond acceptors (Lipinski definition) is 8. The number of amides is 2. The molecule has 0 unspecified atom stereocenters. The number of nitrogens with two attached hydrogens (primary N) is 1. The third-order valence-corrected chi connectivity index (χ3v) is 8.24. The zero-order chi connectivity index (χ0) is 27.6. The zero-order valence-electron chi connectivity index (χ0n) is 20.3. The number of rotatable bonds is 7. The molecule has 0 bridgehead atoms. The molecule has 5 rings (SSSR count). The summed E-state index contributed by atoms with van der Waals surface area (Å²) in [6.45, 7) is 0.872. The lowest BCUT2D eigenvalue weighted by atomic mass is 9.96. The molecule has 0 spiro atoms. The predicted octanol–water partition coefficient (Wildman–Crippen LogP) is 4.43. The fourth-order valence-corrected chi connectivity index (χ4v) is 5.97. The summed E-state index contributed by atoms with van der Waals surface area (Å²) in [5.74, 6) is -0.108. The molecule has 1 aliphatic heterocycles. The van der Waals surface area contributed by atoms with Crippen molar-refractivity contribution in [3.05, 3.63) is 70.4 Å². The fourth-order valence-electron chi connectivity index (χ4n) is 4.23. The second-order valence-electron chi connectivity index (χ2n) is 8.82. The van der Waals surface area contributed by atoms with Crippen LogP contribution in [0.25, 0.3) is 17.1 Å². The van der Waals surface area contributed by atoms with E-state index in [2.05, 4.69) is 20.2 Å². The summed E-state index contributed by atoms with van der Waals surface area (Å²) in [7, 11) is 0. The zero-order valence-corrected chi connectivity index (χ0v) is 22.0. The molecular weight excluding hydrogens is 551 g/mol. The fraction of sp³-hybridized carbons (Fsp3) is 0.280. The van der Waals surface area contributed by atoms with Gasteiger partial charge in [0, 0.05) is 42.3 Å². The van der Waals surface area contributed by atoms with E-state index in [-0.39, 0.29) is 23.4 Å². The van der Waals surface area contributed by atoms with Crippen LogP contribution in [0, 0.1) is 5.92 Å². The number of likely N-dealkylation sites (tertiary alicyclic amines) is 1. The number of thiazole rings is 1. The van der Waals surface area contributed by atoms with E-state index in [1.165, 1.54) is 29.2 Å². The van der Waals surface area contributed by atoms with E-state index >= 15 is 0 Å². The van der Waals surface area contributed by atoms with E-state index in [1.807, 2.05) is 0 Å². The molecule has 2 N–H and O–H groups in total. The first-order valence-corrected chi connectivity index (χ1v) is 13.8.